The zero-order chi connectivity index (χ0) is 20.0. The van der Waals surface area contributed by atoms with Crippen LogP contribution >= 0.6 is 0 Å². The van der Waals surface area contributed by atoms with Crippen molar-refractivity contribution >= 4 is 5.91 Å². The average molecular weight is 391 g/mol. The molecule has 2 N–H and O–H groups in total. The molecule has 0 unspecified atom stereocenters. The Kier molecular flexibility index (Phi) is 11.2. The maximum atomic E-state index is 12.5. The molecule has 2 atom stereocenters. The van der Waals surface area contributed by atoms with Gasteiger partial charge in [0, 0.05) is 26.1 Å². The quantitative estimate of drug-likeness (QED) is 0.505. The van der Waals surface area contributed by atoms with E-state index in [2.05, 4.69) is 17.1 Å². The molecule has 0 aromatic heterocycles. The predicted molar refractivity (Wildman–Crippen MR) is 113 cm³/mol. The number of aliphatic hydroxyl groups is 1. The number of aliphatic hydroxyl groups excluding tert-OH is 1. The summed E-state index contributed by atoms with van der Waals surface area (Å²) in [7, 11) is 0. The van der Waals surface area contributed by atoms with Crippen molar-refractivity contribution in [1.82, 2.24) is 10.2 Å². The first kappa shape index (κ1) is 22.9. The normalized spacial score (nSPS) is 17.2. The Bertz CT molecular complexity index is 532. The number of amides is 1. The summed E-state index contributed by atoms with van der Waals surface area (Å²) in [6.07, 6.45) is 8.19. The minimum atomic E-state index is -0.706. The second-order valence-electron chi connectivity index (χ2n) is 7.81. The molecule has 2 rings (SSSR count). The maximum Gasteiger partial charge on any atom is 0.220 e. The van der Waals surface area contributed by atoms with Gasteiger partial charge in [-0.3, -0.25) is 9.69 Å². The highest BCUT2D eigenvalue weighted by molar-refractivity contribution is 5.76. The Hall–Kier alpha value is -1.43. The van der Waals surface area contributed by atoms with E-state index in [-0.39, 0.29) is 11.9 Å². The van der Waals surface area contributed by atoms with Crippen molar-refractivity contribution in [3.8, 4) is 0 Å². The van der Waals surface area contributed by atoms with Gasteiger partial charge in [0.05, 0.1) is 19.3 Å². The van der Waals surface area contributed by atoms with E-state index in [0.717, 1.165) is 31.5 Å². The van der Waals surface area contributed by atoms with Gasteiger partial charge in [-0.2, -0.15) is 0 Å². The fourth-order valence-corrected chi connectivity index (χ4v) is 3.69. The van der Waals surface area contributed by atoms with Crippen LogP contribution in [-0.4, -0.2) is 54.8 Å². The molecule has 1 aromatic carbocycles. The van der Waals surface area contributed by atoms with Crippen LogP contribution in [0.5, 0.6) is 0 Å². The summed E-state index contributed by atoms with van der Waals surface area (Å²) in [6.45, 7) is 5.96. The molecule has 5 nitrogen and oxygen atoms in total. The lowest BCUT2D eigenvalue weighted by Crippen LogP contribution is -2.49. The molecule has 158 valence electrons. The first-order chi connectivity index (χ1) is 13.7. The molecule has 1 aromatic rings. The molecule has 0 saturated carbocycles. The van der Waals surface area contributed by atoms with Gasteiger partial charge in [0.15, 0.2) is 0 Å². The standard InChI is InChI=1S/C23H38N2O3/c1-2-3-4-5-6-7-11-14-22(26)24-21(19-25-15-17-28-18-16-25)23(27)20-12-9-8-10-13-20/h8-10,12-13,21,23,27H,2-7,11,14-19H2,1H3,(H,24,26)/t21-,23+/m0/s1. The Balaban J connectivity index is 1.81. The molecule has 1 aliphatic rings. The maximum absolute atomic E-state index is 12.5. The van der Waals surface area contributed by atoms with Crippen LogP contribution in [0.2, 0.25) is 0 Å². The minimum absolute atomic E-state index is 0.0433. The smallest absolute Gasteiger partial charge is 0.220 e. The van der Waals surface area contributed by atoms with Crippen LogP contribution in [0.1, 0.15) is 70.0 Å². The zero-order valence-electron chi connectivity index (χ0n) is 17.4. The van der Waals surface area contributed by atoms with E-state index in [0.29, 0.717) is 26.2 Å². The third-order valence-corrected chi connectivity index (χ3v) is 5.43. The number of rotatable bonds is 13. The van der Waals surface area contributed by atoms with Gasteiger partial charge in [-0.15, -0.1) is 0 Å². The second-order valence-corrected chi connectivity index (χ2v) is 7.81. The lowest BCUT2D eigenvalue weighted by molar-refractivity contribution is -0.123. The van der Waals surface area contributed by atoms with Gasteiger partial charge in [0.1, 0.15) is 6.10 Å². The van der Waals surface area contributed by atoms with Crippen molar-refractivity contribution < 1.29 is 14.6 Å². The van der Waals surface area contributed by atoms with E-state index in [9.17, 15) is 9.90 Å². The first-order valence-corrected chi connectivity index (χ1v) is 11.0. The van der Waals surface area contributed by atoms with Crippen LogP contribution in [0, 0.1) is 0 Å². The lowest BCUT2D eigenvalue weighted by atomic mass is 10.0. The largest absolute Gasteiger partial charge is 0.386 e. The summed E-state index contributed by atoms with van der Waals surface area (Å²) in [5.41, 5.74) is 0.844. The number of carbonyl (C=O) groups is 1. The number of nitrogens with zero attached hydrogens (tertiary/aromatic N) is 1. The van der Waals surface area contributed by atoms with Crippen LogP contribution in [0.25, 0.3) is 0 Å². The third kappa shape index (κ3) is 8.72. The molecular weight excluding hydrogens is 352 g/mol. The fraction of sp³-hybridized carbons (Fsp3) is 0.696. The zero-order valence-corrected chi connectivity index (χ0v) is 17.4. The van der Waals surface area contributed by atoms with Crippen LogP contribution in [0.4, 0.5) is 0 Å². The number of benzene rings is 1. The first-order valence-electron chi connectivity index (χ1n) is 11.0. The van der Waals surface area contributed by atoms with Gasteiger partial charge < -0.3 is 15.2 Å². The number of unbranched alkanes of at least 4 members (excludes halogenated alkanes) is 6. The summed E-state index contributed by atoms with van der Waals surface area (Å²) in [4.78, 5) is 14.8. The van der Waals surface area contributed by atoms with Gasteiger partial charge in [-0.25, -0.2) is 0 Å². The number of carbonyl (C=O) groups excluding carboxylic acids is 1. The molecule has 1 amide bonds. The van der Waals surface area contributed by atoms with E-state index in [1.807, 2.05) is 30.3 Å². The van der Waals surface area contributed by atoms with Crippen molar-refractivity contribution in [2.75, 3.05) is 32.8 Å². The summed E-state index contributed by atoms with van der Waals surface area (Å²) < 4.78 is 5.42. The van der Waals surface area contributed by atoms with E-state index in [4.69, 9.17) is 4.74 Å². The fourth-order valence-electron chi connectivity index (χ4n) is 3.69. The molecule has 0 aliphatic carbocycles. The molecule has 5 heteroatoms. The third-order valence-electron chi connectivity index (χ3n) is 5.43. The summed E-state index contributed by atoms with van der Waals surface area (Å²) >= 11 is 0. The molecule has 0 spiro atoms. The number of nitrogens with one attached hydrogen (secondary N) is 1. The highest BCUT2D eigenvalue weighted by atomic mass is 16.5. The van der Waals surface area contributed by atoms with Crippen molar-refractivity contribution in [2.45, 2.75) is 70.4 Å². The van der Waals surface area contributed by atoms with E-state index in [1.165, 1.54) is 32.1 Å². The molecule has 0 radical (unpaired) electrons. The molecule has 1 heterocycles. The number of morpholine rings is 1. The lowest BCUT2D eigenvalue weighted by Gasteiger charge is -2.33. The number of hydrogen-bond donors (Lipinski definition) is 2. The summed E-state index contributed by atoms with van der Waals surface area (Å²) in [5, 5.41) is 14.0. The van der Waals surface area contributed by atoms with E-state index in [1.54, 1.807) is 0 Å². The number of hydrogen-bond acceptors (Lipinski definition) is 4. The Morgan fingerprint density at radius 1 is 1.07 bits per heavy atom. The minimum Gasteiger partial charge on any atom is -0.386 e. The monoisotopic (exact) mass is 390 g/mol. The predicted octanol–water partition coefficient (Wildman–Crippen LogP) is 3.68. The molecule has 1 saturated heterocycles. The van der Waals surface area contributed by atoms with Gasteiger partial charge in [-0.1, -0.05) is 75.8 Å². The summed E-state index contributed by atoms with van der Waals surface area (Å²) in [5.74, 6) is 0.0433. The molecule has 1 aliphatic heterocycles. The Labute approximate surface area is 170 Å². The van der Waals surface area contributed by atoms with Gasteiger partial charge >= 0.3 is 0 Å². The molecule has 0 bridgehead atoms. The van der Waals surface area contributed by atoms with Crippen molar-refractivity contribution in [2.24, 2.45) is 0 Å². The Morgan fingerprint density at radius 3 is 2.39 bits per heavy atom. The molecular formula is C23H38N2O3. The van der Waals surface area contributed by atoms with Crippen LogP contribution in [-0.2, 0) is 9.53 Å². The van der Waals surface area contributed by atoms with Gasteiger partial charge in [0.2, 0.25) is 5.91 Å². The van der Waals surface area contributed by atoms with Crippen molar-refractivity contribution in [1.29, 1.82) is 0 Å². The molecule has 28 heavy (non-hydrogen) atoms. The number of ether oxygens (including phenoxy) is 1. The topological polar surface area (TPSA) is 61.8 Å². The van der Waals surface area contributed by atoms with E-state index >= 15 is 0 Å². The summed E-state index contributed by atoms with van der Waals surface area (Å²) in [6, 6.07) is 9.30. The van der Waals surface area contributed by atoms with Crippen LogP contribution in [0.3, 0.4) is 0 Å². The Morgan fingerprint density at radius 2 is 1.71 bits per heavy atom. The van der Waals surface area contributed by atoms with Crippen LogP contribution in [0.15, 0.2) is 30.3 Å². The van der Waals surface area contributed by atoms with E-state index < -0.39 is 6.10 Å². The highest BCUT2D eigenvalue weighted by Gasteiger charge is 2.26. The average Bonchev–Trinajstić information content (AvgIpc) is 2.73. The van der Waals surface area contributed by atoms with Gasteiger partial charge in [0.25, 0.3) is 0 Å². The molecule has 1 fully saturated rings. The highest BCUT2D eigenvalue weighted by Crippen LogP contribution is 2.18. The van der Waals surface area contributed by atoms with Crippen molar-refractivity contribution in [3.63, 3.8) is 0 Å². The SMILES string of the molecule is CCCCCCCCCC(=O)N[C@@H](CN1CCOCC1)[C@H](O)c1ccccc1. The van der Waals surface area contributed by atoms with Crippen LogP contribution < -0.4 is 5.32 Å². The second kappa shape index (κ2) is 13.7. The van der Waals surface area contributed by atoms with Gasteiger partial charge in [-0.05, 0) is 12.0 Å². The van der Waals surface area contributed by atoms with Crippen molar-refractivity contribution in [3.05, 3.63) is 35.9 Å².